The lowest BCUT2D eigenvalue weighted by Gasteiger charge is -1.91. The molecule has 0 heterocycles. The molecule has 0 fully saturated rings. The maximum Gasteiger partial charge on any atom is 0.0496 e. The molecule has 2 nitrogen and oxygen atoms in total. The van der Waals surface area contributed by atoms with Gasteiger partial charge < -0.3 is 0 Å². The summed E-state index contributed by atoms with van der Waals surface area (Å²) in [6.07, 6.45) is 0.833. The van der Waals surface area contributed by atoms with E-state index in [-0.39, 0.29) is 0 Å². The second-order valence-electron chi connectivity index (χ2n) is 1.64. The third-order valence-electron chi connectivity index (χ3n) is 0.867. The summed E-state index contributed by atoms with van der Waals surface area (Å²) < 4.78 is 16.8. The summed E-state index contributed by atoms with van der Waals surface area (Å²) in [7, 11) is -1.75. The molecule has 0 saturated carbocycles. The Morgan fingerprint density at radius 3 is 2.50 bits per heavy atom. The topological polar surface area (TPSA) is 40.9 Å². The highest BCUT2D eigenvalue weighted by Gasteiger charge is 1.86. The Labute approximate surface area is 51.6 Å². The molecule has 0 aromatic carbocycles. The summed E-state index contributed by atoms with van der Waals surface area (Å²) in [5, 5.41) is 0. The van der Waals surface area contributed by atoms with Gasteiger partial charge in [0.25, 0.3) is 0 Å². The van der Waals surface area contributed by atoms with E-state index in [1.165, 1.54) is 0 Å². The van der Waals surface area contributed by atoms with Crippen molar-refractivity contribution in [3.8, 4) is 0 Å². The van der Waals surface area contributed by atoms with Gasteiger partial charge in [-0.3, -0.25) is 8.99 Å². The molecule has 0 aromatic heterocycles. The quantitative estimate of drug-likeness (QED) is 0.440. The minimum atomic E-state index is -1.75. The SMILES string of the molecule is C=C(CC)C[SH](=N)=O. The van der Waals surface area contributed by atoms with E-state index in [9.17, 15) is 4.21 Å². The number of thiol groups is 1. The number of nitrogens with one attached hydrogen (secondary N) is 1. The molecule has 0 aromatic rings. The molecule has 0 rings (SSSR count). The molecule has 1 atom stereocenters. The first-order chi connectivity index (χ1) is 3.66. The summed E-state index contributed by atoms with van der Waals surface area (Å²) >= 11 is 0. The van der Waals surface area contributed by atoms with E-state index in [2.05, 4.69) is 6.58 Å². The molecule has 0 bridgehead atoms. The van der Waals surface area contributed by atoms with Gasteiger partial charge in [0.15, 0.2) is 0 Å². The van der Waals surface area contributed by atoms with Crippen molar-refractivity contribution < 1.29 is 4.21 Å². The van der Waals surface area contributed by atoms with Gasteiger partial charge in [-0.15, -0.1) is 0 Å². The van der Waals surface area contributed by atoms with Crippen LogP contribution in [0.5, 0.6) is 0 Å². The van der Waals surface area contributed by atoms with Crippen molar-refractivity contribution >= 4 is 10.6 Å². The van der Waals surface area contributed by atoms with Gasteiger partial charge >= 0.3 is 0 Å². The highest BCUT2D eigenvalue weighted by molar-refractivity contribution is 7.73. The Morgan fingerprint density at radius 2 is 2.38 bits per heavy atom. The Bertz CT molecular complexity index is 141. The minimum absolute atomic E-state index is 0.367. The van der Waals surface area contributed by atoms with Crippen LogP contribution in [0.15, 0.2) is 12.2 Å². The second-order valence-corrected chi connectivity index (χ2v) is 2.71. The van der Waals surface area contributed by atoms with Gasteiger partial charge in [-0.25, -0.2) is 0 Å². The number of hydrogen-bond acceptors (Lipinski definition) is 2. The van der Waals surface area contributed by atoms with E-state index < -0.39 is 10.6 Å². The largest absolute Gasteiger partial charge is 0.255 e. The Hall–Kier alpha value is -0.310. The molecule has 48 valence electrons. The number of rotatable bonds is 3. The molecular weight excluding hydrogens is 122 g/mol. The predicted molar refractivity (Wildman–Crippen MR) is 36.6 cm³/mol. The fourth-order valence-corrected chi connectivity index (χ4v) is 0.945. The lowest BCUT2D eigenvalue weighted by Crippen LogP contribution is -1.87. The fourth-order valence-electron chi connectivity index (χ4n) is 0.315. The van der Waals surface area contributed by atoms with Crippen LogP contribution < -0.4 is 0 Å². The molecule has 0 saturated heterocycles. The van der Waals surface area contributed by atoms with Crippen LogP contribution in [0.1, 0.15) is 13.3 Å². The van der Waals surface area contributed by atoms with Crippen molar-refractivity contribution in [2.45, 2.75) is 13.3 Å². The van der Waals surface area contributed by atoms with Crippen molar-refractivity contribution in [1.29, 1.82) is 4.78 Å². The van der Waals surface area contributed by atoms with Crippen LogP contribution in [0.25, 0.3) is 0 Å². The van der Waals surface area contributed by atoms with Gasteiger partial charge in [0.2, 0.25) is 0 Å². The predicted octanol–water partition coefficient (Wildman–Crippen LogP) is 1.20. The number of hydrogen-bond donors (Lipinski definition) is 2. The van der Waals surface area contributed by atoms with Crippen LogP contribution in [0.3, 0.4) is 0 Å². The Kier molecular flexibility index (Phi) is 3.52. The van der Waals surface area contributed by atoms with Crippen LogP contribution in [0, 0.1) is 4.78 Å². The average molecular weight is 133 g/mol. The molecule has 0 amide bonds. The van der Waals surface area contributed by atoms with Gasteiger partial charge in [-0.05, 0) is 6.42 Å². The molecule has 0 spiro atoms. The van der Waals surface area contributed by atoms with Gasteiger partial charge in [-0.1, -0.05) is 19.1 Å². The molecule has 0 aliphatic rings. The first-order valence-electron chi connectivity index (χ1n) is 2.49. The molecule has 0 radical (unpaired) electrons. The first kappa shape index (κ1) is 7.69. The van der Waals surface area contributed by atoms with Gasteiger partial charge in [0.05, 0.1) is 0 Å². The second kappa shape index (κ2) is 3.66. The Balaban J connectivity index is 3.56. The fraction of sp³-hybridized carbons (Fsp3) is 0.600. The summed E-state index contributed by atoms with van der Waals surface area (Å²) in [4.78, 5) is 0. The smallest absolute Gasteiger partial charge is 0.0496 e. The molecule has 1 N–H and O–H groups in total. The summed E-state index contributed by atoms with van der Waals surface area (Å²) in [6.45, 7) is 5.56. The van der Waals surface area contributed by atoms with E-state index >= 15 is 0 Å². The third kappa shape index (κ3) is 3.87. The molecule has 0 aliphatic carbocycles. The first-order valence-corrected chi connectivity index (χ1v) is 3.93. The highest BCUT2D eigenvalue weighted by atomic mass is 32.2. The summed E-state index contributed by atoms with van der Waals surface area (Å²) in [5.41, 5.74) is 0.904. The molecule has 0 aliphatic heterocycles. The maximum absolute atomic E-state index is 10.2. The lowest BCUT2D eigenvalue weighted by atomic mass is 10.3. The van der Waals surface area contributed by atoms with Crippen LogP contribution in [-0.2, 0) is 10.6 Å². The average Bonchev–Trinajstić information content (AvgIpc) is 1.65. The van der Waals surface area contributed by atoms with E-state index in [0.29, 0.717) is 5.75 Å². The zero-order chi connectivity index (χ0) is 6.57. The summed E-state index contributed by atoms with van der Waals surface area (Å²) in [6, 6.07) is 0. The summed E-state index contributed by atoms with van der Waals surface area (Å²) in [5.74, 6) is 0.367. The van der Waals surface area contributed by atoms with Crippen molar-refractivity contribution in [3.63, 3.8) is 0 Å². The van der Waals surface area contributed by atoms with Gasteiger partial charge in [0, 0.05) is 16.3 Å². The third-order valence-corrected chi connectivity index (χ3v) is 1.60. The minimum Gasteiger partial charge on any atom is -0.255 e. The van der Waals surface area contributed by atoms with Gasteiger partial charge in [0.1, 0.15) is 0 Å². The van der Waals surface area contributed by atoms with Crippen molar-refractivity contribution in [2.75, 3.05) is 5.75 Å². The van der Waals surface area contributed by atoms with E-state index in [1.807, 2.05) is 6.92 Å². The lowest BCUT2D eigenvalue weighted by molar-refractivity contribution is 0.688. The maximum atomic E-state index is 10.2. The van der Waals surface area contributed by atoms with E-state index in [1.54, 1.807) is 0 Å². The Morgan fingerprint density at radius 1 is 1.88 bits per heavy atom. The van der Waals surface area contributed by atoms with Gasteiger partial charge in [-0.2, -0.15) is 0 Å². The molecule has 8 heavy (non-hydrogen) atoms. The van der Waals surface area contributed by atoms with Crippen LogP contribution in [-0.4, -0.2) is 9.96 Å². The highest BCUT2D eigenvalue weighted by Crippen LogP contribution is 1.94. The molecule has 3 heteroatoms. The van der Waals surface area contributed by atoms with E-state index in [4.69, 9.17) is 4.78 Å². The van der Waals surface area contributed by atoms with Crippen LogP contribution >= 0.6 is 0 Å². The zero-order valence-corrected chi connectivity index (χ0v) is 5.87. The van der Waals surface area contributed by atoms with Crippen molar-refractivity contribution in [3.05, 3.63) is 12.2 Å². The van der Waals surface area contributed by atoms with Crippen LogP contribution in [0.2, 0.25) is 0 Å². The van der Waals surface area contributed by atoms with E-state index in [0.717, 1.165) is 12.0 Å². The zero-order valence-electron chi connectivity index (χ0n) is 4.98. The monoisotopic (exact) mass is 133 g/mol. The normalized spacial score (nSPS) is 13.1. The standard InChI is InChI=1S/C5H11NOS/c1-3-5(2)4-8(6)7/h6,8H,2-4H2,1H3. The van der Waals surface area contributed by atoms with Crippen LogP contribution in [0.4, 0.5) is 0 Å². The van der Waals surface area contributed by atoms with Crippen molar-refractivity contribution in [2.24, 2.45) is 0 Å². The molecule has 1 unspecified atom stereocenters. The van der Waals surface area contributed by atoms with Crippen molar-refractivity contribution in [1.82, 2.24) is 0 Å². The molecular formula is C5H11NOS.